The number of halogens is 2. The molecule has 0 spiro atoms. The van der Waals surface area contributed by atoms with Gasteiger partial charge >= 0.3 is 0 Å². The molecule has 6 nitrogen and oxygen atoms in total. The van der Waals surface area contributed by atoms with E-state index in [0.29, 0.717) is 22.8 Å². The molecule has 0 saturated carbocycles. The molecule has 0 atom stereocenters. The number of anilines is 2. The third kappa shape index (κ3) is 5.43. The summed E-state index contributed by atoms with van der Waals surface area (Å²) in [7, 11) is 1.35. The number of carbonyl (C=O) groups is 1. The minimum atomic E-state index is -3.73. The fourth-order valence-corrected chi connectivity index (χ4v) is 4.21. The van der Waals surface area contributed by atoms with Crippen molar-refractivity contribution in [2.45, 2.75) is 17.7 Å². The summed E-state index contributed by atoms with van der Waals surface area (Å²) in [6.07, 6.45) is 0.475. The van der Waals surface area contributed by atoms with Crippen LogP contribution in [0.3, 0.4) is 0 Å². The fourth-order valence-electron chi connectivity index (χ4n) is 2.65. The molecule has 0 aromatic heterocycles. The zero-order chi connectivity index (χ0) is 20.9. The molecule has 0 bridgehead atoms. The molecule has 0 aliphatic heterocycles. The van der Waals surface area contributed by atoms with E-state index in [2.05, 4.69) is 5.32 Å². The molecule has 0 heterocycles. The number of nitrogens with zero attached hydrogens (tertiary/aromatic N) is 2. The molecule has 2 aromatic carbocycles. The second-order valence-electron chi connectivity index (χ2n) is 6.46. The number of sulfonamides is 1. The highest BCUT2D eigenvalue weighted by atomic mass is 35.5. The third-order valence-electron chi connectivity index (χ3n) is 4.11. The highest BCUT2D eigenvalue weighted by Crippen LogP contribution is 2.32. The van der Waals surface area contributed by atoms with Gasteiger partial charge in [0.25, 0.3) is 0 Å². The summed E-state index contributed by atoms with van der Waals surface area (Å²) in [5.41, 5.74) is 1.29. The smallest absolute Gasteiger partial charge is 0.242 e. The summed E-state index contributed by atoms with van der Waals surface area (Å²) in [6.45, 7) is 0.156. The maximum Gasteiger partial charge on any atom is 0.242 e. The SMILES string of the molecule is CN(C)c1c(Cl)cccc1NC(=O)CCCN(C)S(=O)(=O)c1ccc(F)cc1. The lowest BCUT2D eigenvalue weighted by Gasteiger charge is -2.20. The summed E-state index contributed by atoms with van der Waals surface area (Å²) >= 11 is 6.18. The van der Waals surface area contributed by atoms with Crippen molar-refractivity contribution in [1.82, 2.24) is 4.31 Å². The largest absolute Gasteiger partial charge is 0.375 e. The van der Waals surface area contributed by atoms with Gasteiger partial charge in [-0.1, -0.05) is 17.7 Å². The third-order valence-corrected chi connectivity index (χ3v) is 6.28. The maximum absolute atomic E-state index is 13.0. The number of hydrogen-bond donors (Lipinski definition) is 1. The van der Waals surface area contributed by atoms with Crippen LogP contribution in [0.2, 0.25) is 5.02 Å². The van der Waals surface area contributed by atoms with E-state index in [-0.39, 0.29) is 23.8 Å². The van der Waals surface area contributed by atoms with E-state index < -0.39 is 15.8 Å². The number of carbonyl (C=O) groups excluding carboxylic acids is 1. The van der Waals surface area contributed by atoms with E-state index in [9.17, 15) is 17.6 Å². The second-order valence-corrected chi connectivity index (χ2v) is 8.91. The van der Waals surface area contributed by atoms with E-state index in [4.69, 9.17) is 11.6 Å². The van der Waals surface area contributed by atoms with Crippen LogP contribution in [0, 0.1) is 5.82 Å². The van der Waals surface area contributed by atoms with Gasteiger partial charge in [-0.2, -0.15) is 0 Å². The van der Waals surface area contributed by atoms with E-state index >= 15 is 0 Å². The molecule has 2 rings (SSSR count). The summed E-state index contributed by atoms with van der Waals surface area (Å²) in [4.78, 5) is 14.1. The van der Waals surface area contributed by atoms with E-state index in [1.165, 1.54) is 19.2 Å². The van der Waals surface area contributed by atoms with Gasteiger partial charge < -0.3 is 10.2 Å². The zero-order valence-corrected chi connectivity index (χ0v) is 17.5. The van der Waals surface area contributed by atoms with Gasteiger partial charge in [0.05, 0.1) is 21.3 Å². The molecule has 0 aliphatic rings. The van der Waals surface area contributed by atoms with Crippen LogP contribution in [0.1, 0.15) is 12.8 Å². The molecule has 0 unspecified atom stereocenters. The Bertz CT molecular complexity index is 934. The van der Waals surface area contributed by atoms with Crippen molar-refractivity contribution in [1.29, 1.82) is 0 Å². The lowest BCUT2D eigenvalue weighted by molar-refractivity contribution is -0.116. The van der Waals surface area contributed by atoms with Crippen LogP contribution in [0.15, 0.2) is 47.4 Å². The lowest BCUT2D eigenvalue weighted by Crippen LogP contribution is -2.28. The number of amides is 1. The van der Waals surface area contributed by atoms with E-state index in [1.807, 2.05) is 14.1 Å². The Morgan fingerprint density at radius 1 is 1.11 bits per heavy atom. The summed E-state index contributed by atoms with van der Waals surface area (Å²) < 4.78 is 39.0. The molecule has 0 saturated heterocycles. The fraction of sp³-hybridized carbons (Fsp3) is 0.316. The van der Waals surface area contributed by atoms with Crippen molar-refractivity contribution in [3.8, 4) is 0 Å². The van der Waals surface area contributed by atoms with Crippen LogP contribution < -0.4 is 10.2 Å². The Morgan fingerprint density at radius 3 is 2.36 bits per heavy atom. The van der Waals surface area contributed by atoms with Gasteiger partial charge in [-0.25, -0.2) is 17.1 Å². The standard InChI is InChI=1S/C19H23ClFN3O3S/c1-23(2)19-16(20)6-4-7-17(19)22-18(25)8-5-13-24(3)28(26,27)15-11-9-14(21)10-12-15/h4,6-7,9-12H,5,8,13H2,1-3H3,(H,22,25). The molecular formula is C19H23ClFN3O3S. The lowest BCUT2D eigenvalue weighted by atomic mass is 10.2. The summed E-state index contributed by atoms with van der Waals surface area (Å²) in [5.74, 6) is -0.741. The molecule has 9 heteroatoms. The molecule has 2 aromatic rings. The zero-order valence-electron chi connectivity index (χ0n) is 15.9. The van der Waals surface area contributed by atoms with E-state index in [1.54, 1.807) is 23.1 Å². The van der Waals surface area contributed by atoms with Crippen molar-refractivity contribution in [2.75, 3.05) is 37.9 Å². The molecule has 1 amide bonds. The molecule has 0 fully saturated rings. The average molecular weight is 428 g/mol. The average Bonchev–Trinajstić information content (AvgIpc) is 2.61. The highest BCUT2D eigenvalue weighted by molar-refractivity contribution is 7.89. The van der Waals surface area contributed by atoms with Crippen molar-refractivity contribution in [3.05, 3.63) is 53.3 Å². The second kappa shape index (κ2) is 9.36. The first-order valence-electron chi connectivity index (χ1n) is 8.60. The van der Waals surface area contributed by atoms with Gasteiger partial charge in [-0.15, -0.1) is 0 Å². The van der Waals surface area contributed by atoms with Gasteiger partial charge in [0.1, 0.15) is 5.82 Å². The highest BCUT2D eigenvalue weighted by Gasteiger charge is 2.20. The molecular weight excluding hydrogens is 405 g/mol. The molecule has 0 aliphatic carbocycles. The number of nitrogens with one attached hydrogen (secondary N) is 1. The number of hydrogen-bond acceptors (Lipinski definition) is 4. The molecule has 0 radical (unpaired) electrons. The maximum atomic E-state index is 13.0. The monoisotopic (exact) mass is 427 g/mol. The molecule has 28 heavy (non-hydrogen) atoms. The quantitative estimate of drug-likeness (QED) is 0.699. The van der Waals surface area contributed by atoms with Crippen molar-refractivity contribution in [3.63, 3.8) is 0 Å². The Balaban J connectivity index is 1.94. The first-order valence-corrected chi connectivity index (χ1v) is 10.4. The minimum absolute atomic E-state index is 0.00963. The molecule has 1 N–H and O–H groups in total. The first kappa shape index (κ1) is 22.1. The predicted molar refractivity (Wildman–Crippen MR) is 110 cm³/mol. The van der Waals surface area contributed by atoms with Crippen LogP contribution >= 0.6 is 11.6 Å². The van der Waals surface area contributed by atoms with E-state index in [0.717, 1.165) is 16.4 Å². The van der Waals surface area contributed by atoms with Gasteiger partial charge in [0.2, 0.25) is 15.9 Å². The van der Waals surface area contributed by atoms with Gasteiger partial charge in [0.15, 0.2) is 0 Å². The Hall–Kier alpha value is -2.16. The van der Waals surface area contributed by atoms with Gasteiger partial charge in [-0.05, 0) is 42.8 Å². The number of para-hydroxylation sites is 1. The van der Waals surface area contributed by atoms with Gasteiger partial charge in [-0.3, -0.25) is 4.79 Å². The van der Waals surface area contributed by atoms with Crippen LogP contribution in [-0.4, -0.2) is 46.3 Å². The minimum Gasteiger partial charge on any atom is -0.375 e. The van der Waals surface area contributed by atoms with Crippen LogP contribution in [-0.2, 0) is 14.8 Å². The van der Waals surface area contributed by atoms with Crippen molar-refractivity contribution < 1.29 is 17.6 Å². The van der Waals surface area contributed by atoms with Crippen molar-refractivity contribution in [2.24, 2.45) is 0 Å². The van der Waals surface area contributed by atoms with Crippen molar-refractivity contribution >= 4 is 38.9 Å². The van der Waals surface area contributed by atoms with Crippen LogP contribution in [0.25, 0.3) is 0 Å². The topological polar surface area (TPSA) is 69.7 Å². The number of rotatable bonds is 8. The Kier molecular flexibility index (Phi) is 7.40. The summed E-state index contributed by atoms with van der Waals surface area (Å²) in [5, 5.41) is 3.33. The molecule has 152 valence electrons. The normalized spacial score (nSPS) is 11.5. The van der Waals surface area contributed by atoms with Gasteiger partial charge in [0, 0.05) is 34.1 Å². The Labute approximate surface area is 170 Å². The predicted octanol–water partition coefficient (Wildman–Crippen LogP) is 3.58. The van der Waals surface area contributed by atoms with Crippen LogP contribution in [0.5, 0.6) is 0 Å². The Morgan fingerprint density at radius 2 is 1.75 bits per heavy atom. The summed E-state index contributed by atoms with van der Waals surface area (Å²) in [6, 6.07) is 9.87. The number of benzene rings is 2. The first-order chi connectivity index (χ1) is 13.1. The van der Waals surface area contributed by atoms with Crippen LogP contribution in [0.4, 0.5) is 15.8 Å².